The summed E-state index contributed by atoms with van der Waals surface area (Å²) in [4.78, 5) is 0. The summed E-state index contributed by atoms with van der Waals surface area (Å²) >= 11 is 5.73. The fraction of sp³-hybridized carbons (Fsp3) is 0.571. The average molecular weight is 318 g/mol. The second kappa shape index (κ2) is 6.89. The Morgan fingerprint density at radius 1 is 1.30 bits per heavy atom. The summed E-state index contributed by atoms with van der Waals surface area (Å²) in [6, 6.07) is 7.39. The summed E-state index contributed by atoms with van der Waals surface area (Å²) in [5.41, 5.74) is 1.78. The van der Waals surface area contributed by atoms with Gasteiger partial charge in [0.25, 0.3) is 0 Å². The zero-order chi connectivity index (χ0) is 14.6. The highest BCUT2D eigenvalue weighted by Crippen LogP contribution is 2.17. The molecule has 1 aromatic rings. The number of hydrogen-bond donors (Lipinski definition) is 0. The van der Waals surface area contributed by atoms with E-state index in [9.17, 15) is 8.42 Å². The van der Waals surface area contributed by atoms with Crippen molar-refractivity contribution in [2.75, 3.05) is 19.7 Å². The molecule has 6 heteroatoms. The molecule has 4 nitrogen and oxygen atoms in total. The van der Waals surface area contributed by atoms with E-state index in [1.54, 1.807) is 4.31 Å². The van der Waals surface area contributed by atoms with Crippen molar-refractivity contribution >= 4 is 21.6 Å². The van der Waals surface area contributed by atoms with Crippen LogP contribution in [-0.4, -0.2) is 38.5 Å². The second-order valence-corrected chi connectivity index (χ2v) is 7.20. The molecule has 0 aromatic heterocycles. The van der Waals surface area contributed by atoms with Crippen molar-refractivity contribution in [2.45, 2.75) is 31.1 Å². The molecule has 1 fully saturated rings. The van der Waals surface area contributed by atoms with Crippen LogP contribution >= 0.6 is 11.6 Å². The molecule has 20 heavy (non-hydrogen) atoms. The second-order valence-electron chi connectivity index (χ2n) is 4.97. The van der Waals surface area contributed by atoms with E-state index in [-0.39, 0.29) is 11.9 Å². The Hall–Kier alpha value is -0.620. The van der Waals surface area contributed by atoms with Crippen LogP contribution in [0.2, 0.25) is 0 Å². The van der Waals surface area contributed by atoms with Gasteiger partial charge in [-0.2, -0.15) is 4.31 Å². The lowest BCUT2D eigenvalue weighted by Gasteiger charge is -2.31. The van der Waals surface area contributed by atoms with E-state index in [0.717, 1.165) is 17.5 Å². The van der Waals surface area contributed by atoms with Crippen LogP contribution in [-0.2, 0) is 26.4 Å². The number of alkyl halides is 1. The lowest BCUT2D eigenvalue weighted by molar-refractivity contribution is -0.00282. The first kappa shape index (κ1) is 15.8. The van der Waals surface area contributed by atoms with Gasteiger partial charge < -0.3 is 4.74 Å². The first-order valence-corrected chi connectivity index (χ1v) is 8.92. The van der Waals surface area contributed by atoms with E-state index in [2.05, 4.69) is 0 Å². The summed E-state index contributed by atoms with van der Waals surface area (Å²) in [6.07, 6.45) is 0.841. The number of sulfonamides is 1. The number of benzene rings is 1. The molecule has 0 aliphatic carbocycles. The van der Waals surface area contributed by atoms with Gasteiger partial charge in [-0.05, 0) is 17.5 Å². The lowest BCUT2D eigenvalue weighted by atomic mass is 10.2. The minimum Gasteiger partial charge on any atom is -0.375 e. The van der Waals surface area contributed by atoms with E-state index in [4.69, 9.17) is 16.3 Å². The summed E-state index contributed by atoms with van der Waals surface area (Å²) in [5, 5.41) is 0. The quantitative estimate of drug-likeness (QED) is 0.783. The molecule has 1 unspecified atom stereocenters. The Labute approximate surface area is 125 Å². The molecular formula is C14H20ClNO3S. The summed E-state index contributed by atoms with van der Waals surface area (Å²) < 4.78 is 31.9. The van der Waals surface area contributed by atoms with Crippen LogP contribution < -0.4 is 0 Å². The van der Waals surface area contributed by atoms with Crippen molar-refractivity contribution < 1.29 is 13.2 Å². The molecule has 0 spiro atoms. The van der Waals surface area contributed by atoms with Gasteiger partial charge in [0.05, 0.1) is 18.5 Å². The molecule has 0 bridgehead atoms. The fourth-order valence-electron chi connectivity index (χ4n) is 2.22. The molecule has 0 amide bonds. The number of rotatable bonds is 5. The van der Waals surface area contributed by atoms with Crippen LogP contribution in [0.5, 0.6) is 0 Å². The maximum Gasteiger partial charge on any atom is 0.218 e. The summed E-state index contributed by atoms with van der Waals surface area (Å²) in [7, 11) is -3.28. The summed E-state index contributed by atoms with van der Waals surface area (Å²) in [5.74, 6) is 0.473. The van der Waals surface area contributed by atoms with Crippen molar-refractivity contribution in [1.82, 2.24) is 4.31 Å². The largest absolute Gasteiger partial charge is 0.375 e. The molecule has 1 aromatic carbocycles. The van der Waals surface area contributed by atoms with Gasteiger partial charge in [-0.1, -0.05) is 31.2 Å². The van der Waals surface area contributed by atoms with Gasteiger partial charge in [-0.15, -0.1) is 11.6 Å². The maximum absolute atomic E-state index is 12.4. The van der Waals surface area contributed by atoms with E-state index >= 15 is 0 Å². The normalized spacial score (nSPS) is 21.0. The van der Waals surface area contributed by atoms with Crippen molar-refractivity contribution in [3.05, 3.63) is 35.4 Å². The first-order valence-electron chi connectivity index (χ1n) is 6.78. The standard InChI is InChI=1S/C14H20ClNO3S/c1-2-14-10-16(7-8-19-14)20(17,18)11-13-5-3-12(9-15)4-6-13/h3-6,14H,2,7-11H2,1H3. The third kappa shape index (κ3) is 3.95. The van der Waals surface area contributed by atoms with E-state index in [0.29, 0.717) is 25.6 Å². The first-order chi connectivity index (χ1) is 9.55. The SMILES string of the molecule is CCC1CN(S(=O)(=O)Cc2ccc(CCl)cc2)CCO1. The maximum atomic E-state index is 12.4. The molecule has 1 saturated heterocycles. The highest BCUT2D eigenvalue weighted by molar-refractivity contribution is 7.88. The van der Waals surface area contributed by atoms with Gasteiger partial charge in [-0.25, -0.2) is 8.42 Å². The van der Waals surface area contributed by atoms with Crippen molar-refractivity contribution in [3.8, 4) is 0 Å². The molecule has 1 aliphatic rings. The van der Waals surface area contributed by atoms with Crippen LogP contribution in [0.25, 0.3) is 0 Å². The van der Waals surface area contributed by atoms with Gasteiger partial charge in [-0.3, -0.25) is 0 Å². The van der Waals surface area contributed by atoms with E-state index in [1.807, 2.05) is 31.2 Å². The van der Waals surface area contributed by atoms with Crippen LogP contribution in [0.3, 0.4) is 0 Å². The van der Waals surface area contributed by atoms with E-state index in [1.165, 1.54) is 0 Å². The monoisotopic (exact) mass is 317 g/mol. The van der Waals surface area contributed by atoms with Crippen LogP contribution in [0, 0.1) is 0 Å². The molecule has 0 N–H and O–H groups in total. The molecule has 1 atom stereocenters. The van der Waals surface area contributed by atoms with E-state index < -0.39 is 10.0 Å². The molecule has 2 rings (SSSR count). The van der Waals surface area contributed by atoms with Gasteiger partial charge in [0.1, 0.15) is 0 Å². The molecule has 1 aliphatic heterocycles. The Bertz CT molecular complexity index is 530. The number of ether oxygens (including phenoxy) is 1. The lowest BCUT2D eigenvalue weighted by Crippen LogP contribution is -2.45. The average Bonchev–Trinajstić information content (AvgIpc) is 2.48. The highest BCUT2D eigenvalue weighted by atomic mass is 35.5. The Morgan fingerprint density at radius 3 is 2.55 bits per heavy atom. The Balaban J connectivity index is 2.05. The minimum atomic E-state index is -3.28. The third-order valence-electron chi connectivity index (χ3n) is 3.48. The number of morpholine rings is 1. The smallest absolute Gasteiger partial charge is 0.218 e. The third-order valence-corrected chi connectivity index (χ3v) is 5.60. The fourth-order valence-corrected chi connectivity index (χ4v) is 3.94. The highest BCUT2D eigenvalue weighted by Gasteiger charge is 2.28. The zero-order valence-corrected chi connectivity index (χ0v) is 13.2. The molecular weight excluding hydrogens is 298 g/mol. The van der Waals surface area contributed by atoms with Gasteiger partial charge in [0, 0.05) is 19.0 Å². The zero-order valence-electron chi connectivity index (χ0n) is 11.6. The van der Waals surface area contributed by atoms with Crippen LogP contribution in [0.4, 0.5) is 0 Å². The van der Waals surface area contributed by atoms with Crippen molar-refractivity contribution in [1.29, 1.82) is 0 Å². The summed E-state index contributed by atoms with van der Waals surface area (Å²) in [6.45, 7) is 3.38. The molecule has 112 valence electrons. The molecule has 0 radical (unpaired) electrons. The Kier molecular flexibility index (Phi) is 5.43. The predicted octanol–water partition coefficient (Wildman–Crippen LogP) is 2.37. The molecule has 0 saturated carbocycles. The number of hydrogen-bond acceptors (Lipinski definition) is 3. The van der Waals surface area contributed by atoms with Gasteiger partial charge in [0.15, 0.2) is 0 Å². The number of halogens is 1. The van der Waals surface area contributed by atoms with Crippen LogP contribution in [0.1, 0.15) is 24.5 Å². The van der Waals surface area contributed by atoms with Gasteiger partial charge in [0.2, 0.25) is 10.0 Å². The molecule has 1 heterocycles. The topological polar surface area (TPSA) is 46.6 Å². The van der Waals surface area contributed by atoms with Gasteiger partial charge >= 0.3 is 0 Å². The Morgan fingerprint density at radius 2 is 1.95 bits per heavy atom. The van der Waals surface area contributed by atoms with Crippen LogP contribution in [0.15, 0.2) is 24.3 Å². The van der Waals surface area contributed by atoms with Crippen molar-refractivity contribution in [3.63, 3.8) is 0 Å². The number of nitrogens with zero attached hydrogens (tertiary/aromatic N) is 1. The van der Waals surface area contributed by atoms with Crippen molar-refractivity contribution in [2.24, 2.45) is 0 Å². The predicted molar refractivity (Wildman–Crippen MR) is 80.2 cm³/mol. The minimum absolute atomic E-state index is 0.0112.